The van der Waals surface area contributed by atoms with Crippen LogP contribution in [-0.4, -0.2) is 60.3 Å². The topological polar surface area (TPSA) is 62.0 Å². The Bertz CT molecular complexity index is 495. The minimum Gasteiger partial charge on any atom is -0.504 e. The minimum absolute atomic E-state index is 0.169. The normalized spacial score (nSPS) is 21.3. The van der Waals surface area contributed by atoms with Crippen molar-refractivity contribution in [3.8, 4) is 11.5 Å². The highest BCUT2D eigenvalue weighted by atomic mass is 16.5. The van der Waals surface area contributed by atoms with Crippen LogP contribution in [0, 0.1) is 0 Å². The average Bonchev–Trinajstić information content (AvgIpc) is 2.58. The Labute approximate surface area is 140 Å². The molecule has 0 spiro atoms. The number of phenolic OH excluding ortho intramolecular Hbond substituents is 1. The van der Waals surface area contributed by atoms with Crippen LogP contribution in [0.3, 0.4) is 0 Å². The Morgan fingerprint density at radius 2 is 2.09 bits per heavy atom. The molecular formula is C18H31N3O2. The van der Waals surface area contributed by atoms with E-state index < -0.39 is 0 Å². The summed E-state index contributed by atoms with van der Waals surface area (Å²) in [6, 6.07) is 6.36. The fraction of sp³-hybridized carbons (Fsp3) is 0.667. The summed E-state index contributed by atoms with van der Waals surface area (Å²) in [5.41, 5.74) is 7.21. The molecule has 1 saturated heterocycles. The van der Waals surface area contributed by atoms with Crippen LogP contribution in [0.1, 0.15) is 38.8 Å². The van der Waals surface area contributed by atoms with Crippen molar-refractivity contribution in [2.75, 3.05) is 39.3 Å². The summed E-state index contributed by atoms with van der Waals surface area (Å²) < 4.78 is 5.52. The molecule has 1 aromatic rings. The van der Waals surface area contributed by atoms with E-state index in [1.54, 1.807) is 6.07 Å². The molecule has 0 aliphatic carbocycles. The fourth-order valence-electron chi connectivity index (χ4n) is 3.51. The van der Waals surface area contributed by atoms with Crippen molar-refractivity contribution in [3.63, 3.8) is 0 Å². The lowest BCUT2D eigenvalue weighted by Crippen LogP contribution is -2.54. The Morgan fingerprint density at radius 1 is 1.30 bits per heavy atom. The van der Waals surface area contributed by atoms with Gasteiger partial charge in [0.15, 0.2) is 11.5 Å². The maximum absolute atomic E-state index is 9.90. The smallest absolute Gasteiger partial charge is 0.161 e. The van der Waals surface area contributed by atoms with Gasteiger partial charge in [-0.2, -0.15) is 0 Å². The van der Waals surface area contributed by atoms with Gasteiger partial charge in [0.1, 0.15) is 0 Å². The van der Waals surface area contributed by atoms with Gasteiger partial charge in [0.05, 0.1) is 6.61 Å². The first-order valence-corrected chi connectivity index (χ1v) is 8.78. The highest BCUT2D eigenvalue weighted by Crippen LogP contribution is 2.32. The van der Waals surface area contributed by atoms with Crippen molar-refractivity contribution in [1.29, 1.82) is 0 Å². The number of hydrogen-bond donors (Lipinski definition) is 2. The molecule has 2 atom stereocenters. The fourth-order valence-corrected chi connectivity index (χ4v) is 3.51. The van der Waals surface area contributed by atoms with Crippen LogP contribution < -0.4 is 10.5 Å². The number of ether oxygens (including phenoxy) is 1. The van der Waals surface area contributed by atoms with Gasteiger partial charge in [-0.15, -0.1) is 0 Å². The number of likely N-dealkylation sites (N-methyl/N-ethyl adjacent to an activating group) is 1. The van der Waals surface area contributed by atoms with E-state index in [1.807, 2.05) is 19.1 Å². The quantitative estimate of drug-likeness (QED) is 0.806. The molecule has 130 valence electrons. The predicted molar refractivity (Wildman–Crippen MR) is 94.0 cm³/mol. The SMILES string of the molecule is CCOc1cc(C(CN)N2CCN(CC)C(CC)C2)ccc1O. The molecule has 5 nitrogen and oxygen atoms in total. The molecule has 2 unspecified atom stereocenters. The monoisotopic (exact) mass is 321 g/mol. The number of benzene rings is 1. The molecule has 1 aliphatic heterocycles. The summed E-state index contributed by atoms with van der Waals surface area (Å²) in [5.74, 6) is 0.733. The van der Waals surface area contributed by atoms with Crippen LogP contribution >= 0.6 is 0 Å². The van der Waals surface area contributed by atoms with Crippen LogP contribution in [0.4, 0.5) is 0 Å². The Hall–Kier alpha value is -1.30. The molecule has 0 bridgehead atoms. The van der Waals surface area contributed by atoms with Gasteiger partial charge in [-0.3, -0.25) is 9.80 Å². The second kappa shape index (κ2) is 8.52. The average molecular weight is 321 g/mol. The summed E-state index contributed by atoms with van der Waals surface area (Å²) in [6.07, 6.45) is 1.15. The number of phenols is 1. The molecular weight excluding hydrogens is 290 g/mol. The maximum atomic E-state index is 9.90. The Balaban J connectivity index is 2.18. The Kier molecular flexibility index (Phi) is 6.69. The highest BCUT2D eigenvalue weighted by Gasteiger charge is 2.29. The summed E-state index contributed by atoms with van der Waals surface area (Å²) in [5, 5.41) is 9.90. The van der Waals surface area contributed by atoms with Crippen LogP contribution in [0.2, 0.25) is 0 Å². The van der Waals surface area contributed by atoms with Crippen molar-refractivity contribution >= 4 is 0 Å². The Morgan fingerprint density at radius 3 is 2.70 bits per heavy atom. The second-order valence-electron chi connectivity index (χ2n) is 6.10. The maximum Gasteiger partial charge on any atom is 0.161 e. The number of piperazine rings is 1. The number of aromatic hydroxyl groups is 1. The number of hydrogen-bond acceptors (Lipinski definition) is 5. The molecule has 0 aromatic heterocycles. The largest absolute Gasteiger partial charge is 0.504 e. The summed E-state index contributed by atoms with van der Waals surface area (Å²) in [4.78, 5) is 5.02. The zero-order chi connectivity index (χ0) is 16.8. The summed E-state index contributed by atoms with van der Waals surface area (Å²) in [6.45, 7) is 11.8. The highest BCUT2D eigenvalue weighted by molar-refractivity contribution is 5.43. The van der Waals surface area contributed by atoms with Crippen molar-refractivity contribution in [2.45, 2.75) is 39.3 Å². The van der Waals surface area contributed by atoms with Crippen LogP contribution in [0.25, 0.3) is 0 Å². The molecule has 1 aliphatic rings. The first-order chi connectivity index (χ1) is 11.1. The van der Waals surface area contributed by atoms with Crippen LogP contribution in [0.5, 0.6) is 11.5 Å². The van der Waals surface area contributed by atoms with Gasteiger partial charge in [0, 0.05) is 38.3 Å². The molecule has 0 amide bonds. The van der Waals surface area contributed by atoms with Gasteiger partial charge in [-0.05, 0) is 37.6 Å². The molecule has 1 aromatic carbocycles. The first kappa shape index (κ1) is 18.0. The van der Waals surface area contributed by atoms with Crippen molar-refractivity contribution in [1.82, 2.24) is 9.80 Å². The minimum atomic E-state index is 0.169. The van der Waals surface area contributed by atoms with Gasteiger partial charge in [0.2, 0.25) is 0 Å². The standard InChI is InChI=1S/C18H31N3O2/c1-4-15-13-21(10-9-20(15)5-2)16(12-19)14-7-8-17(22)18(11-14)23-6-3/h7-8,11,15-16,22H,4-6,9-10,12-13,19H2,1-3H3. The van der Waals surface area contributed by atoms with E-state index in [1.165, 1.54) is 0 Å². The van der Waals surface area contributed by atoms with Gasteiger partial charge in [0.25, 0.3) is 0 Å². The third-order valence-corrected chi connectivity index (χ3v) is 4.85. The van der Waals surface area contributed by atoms with Crippen molar-refractivity contribution in [2.24, 2.45) is 5.73 Å². The number of nitrogens with two attached hydrogens (primary N) is 1. The van der Waals surface area contributed by atoms with Gasteiger partial charge in [-0.1, -0.05) is 19.9 Å². The third-order valence-electron chi connectivity index (χ3n) is 4.85. The predicted octanol–water partition coefficient (Wildman–Crippen LogP) is 2.21. The van der Waals surface area contributed by atoms with E-state index in [2.05, 4.69) is 23.6 Å². The lowest BCUT2D eigenvalue weighted by atomic mass is 10.0. The molecule has 3 N–H and O–H groups in total. The molecule has 1 fully saturated rings. The van der Waals surface area contributed by atoms with E-state index in [0.29, 0.717) is 24.9 Å². The third kappa shape index (κ3) is 4.16. The zero-order valence-corrected chi connectivity index (χ0v) is 14.7. The van der Waals surface area contributed by atoms with E-state index in [4.69, 9.17) is 10.5 Å². The first-order valence-electron chi connectivity index (χ1n) is 8.78. The molecule has 1 heterocycles. The molecule has 23 heavy (non-hydrogen) atoms. The molecule has 0 radical (unpaired) electrons. The summed E-state index contributed by atoms with van der Waals surface area (Å²) >= 11 is 0. The zero-order valence-electron chi connectivity index (χ0n) is 14.7. The number of rotatable bonds is 7. The number of nitrogens with zero attached hydrogens (tertiary/aromatic N) is 2. The van der Waals surface area contributed by atoms with Gasteiger partial charge < -0.3 is 15.6 Å². The summed E-state index contributed by atoms with van der Waals surface area (Å²) in [7, 11) is 0. The van der Waals surface area contributed by atoms with Gasteiger partial charge >= 0.3 is 0 Å². The second-order valence-corrected chi connectivity index (χ2v) is 6.10. The van der Waals surface area contributed by atoms with E-state index in [0.717, 1.165) is 38.2 Å². The molecule has 0 saturated carbocycles. The van der Waals surface area contributed by atoms with Gasteiger partial charge in [-0.25, -0.2) is 0 Å². The van der Waals surface area contributed by atoms with Crippen LogP contribution in [-0.2, 0) is 0 Å². The lowest BCUT2D eigenvalue weighted by molar-refractivity contribution is 0.0508. The van der Waals surface area contributed by atoms with Crippen molar-refractivity contribution in [3.05, 3.63) is 23.8 Å². The van der Waals surface area contributed by atoms with E-state index in [9.17, 15) is 5.11 Å². The van der Waals surface area contributed by atoms with E-state index in [-0.39, 0.29) is 11.8 Å². The molecule has 2 rings (SSSR count). The lowest BCUT2D eigenvalue weighted by Gasteiger charge is -2.44. The van der Waals surface area contributed by atoms with E-state index >= 15 is 0 Å². The van der Waals surface area contributed by atoms with Crippen molar-refractivity contribution < 1.29 is 9.84 Å². The van der Waals surface area contributed by atoms with Crippen LogP contribution in [0.15, 0.2) is 18.2 Å². The molecule has 5 heteroatoms.